The lowest BCUT2D eigenvalue weighted by molar-refractivity contribution is -0.118. The number of piperidine rings is 1. The van der Waals surface area contributed by atoms with E-state index in [-0.39, 0.29) is 11.7 Å². The summed E-state index contributed by atoms with van der Waals surface area (Å²) in [5.41, 5.74) is 0.644. The summed E-state index contributed by atoms with van der Waals surface area (Å²) in [7, 11) is 1.95. The molecule has 1 aliphatic heterocycles. The highest BCUT2D eigenvalue weighted by atomic mass is 19.1. The van der Waals surface area contributed by atoms with Gasteiger partial charge >= 0.3 is 0 Å². The summed E-state index contributed by atoms with van der Waals surface area (Å²) in [4.78, 5) is 14.4. The van der Waals surface area contributed by atoms with Crippen molar-refractivity contribution in [3.63, 3.8) is 0 Å². The van der Waals surface area contributed by atoms with E-state index in [1.165, 1.54) is 18.6 Å². The monoisotopic (exact) mass is 293 g/mol. The second kappa shape index (κ2) is 8.10. The van der Waals surface area contributed by atoms with Gasteiger partial charge in [0.05, 0.1) is 6.54 Å². The highest BCUT2D eigenvalue weighted by Gasteiger charge is 2.23. The Hall–Kier alpha value is -1.46. The number of anilines is 1. The van der Waals surface area contributed by atoms with Crippen molar-refractivity contribution in [3.8, 4) is 0 Å². The highest BCUT2D eigenvalue weighted by Crippen LogP contribution is 2.19. The number of likely N-dealkylation sites (tertiary alicyclic amines) is 1. The Morgan fingerprint density at radius 3 is 2.81 bits per heavy atom. The van der Waals surface area contributed by atoms with Gasteiger partial charge in [-0.3, -0.25) is 9.69 Å². The maximum Gasteiger partial charge on any atom is 0.238 e. The van der Waals surface area contributed by atoms with E-state index in [9.17, 15) is 9.18 Å². The van der Waals surface area contributed by atoms with Crippen molar-refractivity contribution in [2.24, 2.45) is 0 Å². The minimum Gasteiger partial charge on any atom is -0.325 e. The Kier molecular flexibility index (Phi) is 6.14. The zero-order valence-corrected chi connectivity index (χ0v) is 12.6. The van der Waals surface area contributed by atoms with Gasteiger partial charge in [0.15, 0.2) is 0 Å². The van der Waals surface area contributed by atoms with Crippen LogP contribution in [0.5, 0.6) is 0 Å². The van der Waals surface area contributed by atoms with Gasteiger partial charge in [-0.15, -0.1) is 0 Å². The molecule has 5 heteroatoms. The molecular formula is C16H24FN3O. The smallest absolute Gasteiger partial charge is 0.238 e. The molecule has 1 atom stereocenters. The van der Waals surface area contributed by atoms with E-state index in [0.717, 1.165) is 32.4 Å². The third-order valence-electron chi connectivity index (χ3n) is 3.95. The fourth-order valence-electron chi connectivity index (χ4n) is 2.82. The maximum absolute atomic E-state index is 12.8. The van der Waals surface area contributed by atoms with Crippen LogP contribution in [0.2, 0.25) is 0 Å². The molecule has 0 bridgehead atoms. The predicted molar refractivity (Wildman–Crippen MR) is 82.8 cm³/mol. The molecule has 1 aromatic carbocycles. The molecule has 0 aromatic heterocycles. The molecule has 0 aliphatic carbocycles. The Labute approximate surface area is 125 Å². The topological polar surface area (TPSA) is 44.4 Å². The SMILES string of the molecule is CNCCC1CCCCN1CC(=O)Nc1ccc(F)cc1. The molecule has 0 radical (unpaired) electrons. The van der Waals surface area contributed by atoms with Crippen LogP contribution in [0.3, 0.4) is 0 Å². The number of carbonyl (C=O) groups is 1. The molecular weight excluding hydrogens is 269 g/mol. The second-order valence-corrected chi connectivity index (χ2v) is 5.57. The number of rotatable bonds is 6. The van der Waals surface area contributed by atoms with Gasteiger partial charge in [-0.1, -0.05) is 6.42 Å². The number of nitrogens with zero attached hydrogens (tertiary/aromatic N) is 1. The van der Waals surface area contributed by atoms with E-state index in [1.54, 1.807) is 12.1 Å². The Bertz CT molecular complexity index is 449. The lowest BCUT2D eigenvalue weighted by Crippen LogP contribution is -2.44. The maximum atomic E-state index is 12.8. The lowest BCUT2D eigenvalue weighted by atomic mass is 9.99. The molecule has 0 spiro atoms. The van der Waals surface area contributed by atoms with Crippen molar-refractivity contribution in [1.29, 1.82) is 0 Å². The number of nitrogens with one attached hydrogen (secondary N) is 2. The first kappa shape index (κ1) is 15.9. The van der Waals surface area contributed by atoms with Crippen molar-refractivity contribution in [2.75, 3.05) is 32.0 Å². The van der Waals surface area contributed by atoms with Crippen molar-refractivity contribution >= 4 is 11.6 Å². The molecule has 21 heavy (non-hydrogen) atoms. The minimum atomic E-state index is -0.295. The fraction of sp³-hybridized carbons (Fsp3) is 0.562. The Morgan fingerprint density at radius 1 is 1.33 bits per heavy atom. The van der Waals surface area contributed by atoms with Gasteiger partial charge < -0.3 is 10.6 Å². The van der Waals surface area contributed by atoms with E-state index in [1.807, 2.05) is 7.05 Å². The zero-order chi connectivity index (χ0) is 15.1. The molecule has 0 saturated carbocycles. The largest absolute Gasteiger partial charge is 0.325 e. The number of benzene rings is 1. The third kappa shape index (κ3) is 5.10. The van der Waals surface area contributed by atoms with Crippen molar-refractivity contribution in [2.45, 2.75) is 31.7 Å². The van der Waals surface area contributed by atoms with Gasteiger partial charge in [0, 0.05) is 11.7 Å². The number of hydrogen-bond donors (Lipinski definition) is 2. The van der Waals surface area contributed by atoms with Crippen LogP contribution in [-0.4, -0.2) is 43.5 Å². The standard InChI is InChI=1S/C16H24FN3O/c1-18-10-9-15-4-2-3-11-20(15)12-16(21)19-14-7-5-13(17)6-8-14/h5-8,15,18H,2-4,9-12H2,1H3,(H,19,21). The normalized spacial score (nSPS) is 19.4. The Morgan fingerprint density at radius 2 is 2.10 bits per heavy atom. The molecule has 1 aliphatic rings. The van der Waals surface area contributed by atoms with Gasteiger partial charge in [0.1, 0.15) is 5.82 Å². The molecule has 1 heterocycles. The van der Waals surface area contributed by atoms with Crippen LogP contribution in [0, 0.1) is 5.82 Å². The summed E-state index contributed by atoms with van der Waals surface area (Å²) in [6.07, 6.45) is 4.62. The quantitative estimate of drug-likeness (QED) is 0.845. The summed E-state index contributed by atoms with van der Waals surface area (Å²) in [6.45, 7) is 2.36. The zero-order valence-electron chi connectivity index (χ0n) is 12.6. The van der Waals surface area contributed by atoms with Gasteiger partial charge in [-0.2, -0.15) is 0 Å². The van der Waals surface area contributed by atoms with Crippen LogP contribution in [0.15, 0.2) is 24.3 Å². The Balaban J connectivity index is 1.86. The van der Waals surface area contributed by atoms with Crippen LogP contribution in [0.4, 0.5) is 10.1 Å². The van der Waals surface area contributed by atoms with Crippen molar-refractivity contribution in [1.82, 2.24) is 10.2 Å². The van der Waals surface area contributed by atoms with E-state index < -0.39 is 0 Å². The molecule has 4 nitrogen and oxygen atoms in total. The molecule has 2 N–H and O–H groups in total. The summed E-state index contributed by atoms with van der Waals surface area (Å²) >= 11 is 0. The molecule has 1 saturated heterocycles. The number of carbonyl (C=O) groups excluding carboxylic acids is 1. The van der Waals surface area contributed by atoms with E-state index in [2.05, 4.69) is 15.5 Å². The summed E-state index contributed by atoms with van der Waals surface area (Å²) < 4.78 is 12.8. The van der Waals surface area contributed by atoms with Crippen LogP contribution >= 0.6 is 0 Å². The second-order valence-electron chi connectivity index (χ2n) is 5.57. The molecule has 2 rings (SSSR count). The molecule has 1 unspecified atom stereocenters. The highest BCUT2D eigenvalue weighted by molar-refractivity contribution is 5.92. The first-order valence-electron chi connectivity index (χ1n) is 7.63. The number of halogens is 1. The van der Waals surface area contributed by atoms with E-state index >= 15 is 0 Å². The third-order valence-corrected chi connectivity index (χ3v) is 3.95. The summed E-state index contributed by atoms with van der Waals surface area (Å²) in [5, 5.41) is 6.00. The first-order chi connectivity index (χ1) is 10.2. The number of hydrogen-bond acceptors (Lipinski definition) is 3. The van der Waals surface area contributed by atoms with Gasteiger partial charge in [0.2, 0.25) is 5.91 Å². The van der Waals surface area contributed by atoms with Crippen LogP contribution in [0.25, 0.3) is 0 Å². The molecule has 1 amide bonds. The first-order valence-corrected chi connectivity index (χ1v) is 7.63. The van der Waals surface area contributed by atoms with Crippen molar-refractivity contribution < 1.29 is 9.18 Å². The number of amides is 1. The lowest BCUT2D eigenvalue weighted by Gasteiger charge is -2.35. The van der Waals surface area contributed by atoms with Crippen molar-refractivity contribution in [3.05, 3.63) is 30.1 Å². The minimum absolute atomic E-state index is 0.0297. The summed E-state index contributed by atoms with van der Waals surface area (Å²) in [5.74, 6) is -0.325. The van der Waals surface area contributed by atoms with Gasteiger partial charge in [-0.05, 0) is 63.7 Å². The predicted octanol–water partition coefficient (Wildman–Crippen LogP) is 2.23. The van der Waals surface area contributed by atoms with E-state index in [4.69, 9.17) is 0 Å². The van der Waals surface area contributed by atoms with Crippen LogP contribution in [-0.2, 0) is 4.79 Å². The van der Waals surface area contributed by atoms with Crippen LogP contribution < -0.4 is 10.6 Å². The van der Waals surface area contributed by atoms with Crippen LogP contribution in [0.1, 0.15) is 25.7 Å². The van der Waals surface area contributed by atoms with E-state index in [0.29, 0.717) is 18.3 Å². The summed E-state index contributed by atoms with van der Waals surface area (Å²) in [6, 6.07) is 6.35. The van der Waals surface area contributed by atoms with Gasteiger partial charge in [-0.25, -0.2) is 4.39 Å². The average molecular weight is 293 g/mol. The van der Waals surface area contributed by atoms with Gasteiger partial charge in [0.25, 0.3) is 0 Å². The molecule has 1 fully saturated rings. The average Bonchev–Trinajstić information content (AvgIpc) is 2.49. The molecule has 116 valence electrons. The molecule has 1 aromatic rings. The fourth-order valence-corrected chi connectivity index (χ4v) is 2.82.